The van der Waals surface area contributed by atoms with Crippen LogP contribution in [0.1, 0.15) is 25.8 Å². The third kappa shape index (κ3) is 7.92. The Morgan fingerprint density at radius 3 is 2.22 bits per heavy atom. The Balaban J connectivity index is 1.13. The van der Waals surface area contributed by atoms with E-state index >= 15 is 0 Å². The monoisotopic (exact) mass is 776 g/mol. The van der Waals surface area contributed by atoms with E-state index in [-0.39, 0.29) is 16.9 Å². The third-order valence-electron chi connectivity index (χ3n) is 10.2. The van der Waals surface area contributed by atoms with E-state index in [2.05, 4.69) is 0 Å². The van der Waals surface area contributed by atoms with Crippen LogP contribution in [-0.4, -0.2) is 147 Å². The van der Waals surface area contributed by atoms with Gasteiger partial charge >= 0.3 is 17.9 Å². The number of fused-ring (bicyclic) bond motifs is 2. The number of carbonyl (C=O) groups excluding carboxylic acids is 3. The summed E-state index contributed by atoms with van der Waals surface area (Å²) in [4.78, 5) is 38.9. The zero-order valence-corrected chi connectivity index (χ0v) is 29.9. The molecular formula is C37H44O18. The average Bonchev–Trinajstić information content (AvgIpc) is 3.73. The maximum Gasteiger partial charge on any atom is 0.338 e. The first kappa shape index (κ1) is 40.5. The van der Waals surface area contributed by atoms with Gasteiger partial charge in [-0.15, -0.1) is 0 Å². The molecule has 0 saturated carbocycles. The van der Waals surface area contributed by atoms with Crippen LogP contribution in [0, 0.1) is 11.8 Å². The summed E-state index contributed by atoms with van der Waals surface area (Å²) in [7, 11) is 1.17. The number of allylic oxidation sites excluding steroid dienone is 1. The van der Waals surface area contributed by atoms with Gasteiger partial charge in [-0.25, -0.2) is 14.4 Å². The predicted molar refractivity (Wildman–Crippen MR) is 181 cm³/mol. The van der Waals surface area contributed by atoms with Crippen molar-refractivity contribution in [1.82, 2.24) is 0 Å². The molecule has 1 aromatic carbocycles. The Labute approximate surface area is 314 Å². The summed E-state index contributed by atoms with van der Waals surface area (Å²) < 4.78 is 44.7. The third-order valence-corrected chi connectivity index (χ3v) is 10.2. The van der Waals surface area contributed by atoms with Crippen LogP contribution < -0.4 is 4.74 Å². The summed E-state index contributed by atoms with van der Waals surface area (Å²) in [5.41, 5.74) is -1.04. The van der Waals surface area contributed by atoms with Crippen molar-refractivity contribution in [3.8, 4) is 5.75 Å². The standard InChI is InChI=1S/C37H44O18/c1-4-22-26(40)28(42)30(44)35(52-22)51-18-8-5-17(6-9-18)7-10-24(39)50-16(2)20-13-37(55-33(20)47)12-11-19-21(32(46)48-3)15-49-34(25(19)37)54-36-31(45)29(43)27(41)23(14-38)53-36/h5-13,15-16,19,22-23,25-31,34-36,38,40-45H,4,14H2,1-3H3/t16-,19+,22+,23+,25+,26+,27+,28-,29-,30+,31+,34+,35-,36+,37+/m0/s1. The van der Waals surface area contributed by atoms with Gasteiger partial charge in [0.1, 0.15) is 54.6 Å². The van der Waals surface area contributed by atoms with Gasteiger partial charge in [-0.2, -0.15) is 0 Å². The number of esters is 3. The molecule has 18 heteroatoms. The Bertz CT molecular complexity index is 1700. The fourth-order valence-corrected chi connectivity index (χ4v) is 7.14. The minimum atomic E-state index is -1.78. The number of ether oxygens (including phenoxy) is 8. The van der Waals surface area contributed by atoms with Gasteiger partial charge in [0, 0.05) is 12.0 Å². The molecule has 4 heterocycles. The van der Waals surface area contributed by atoms with Gasteiger partial charge in [0.05, 0.1) is 43.1 Å². The molecule has 1 aromatic rings. The highest BCUT2D eigenvalue weighted by molar-refractivity contribution is 5.95. The van der Waals surface area contributed by atoms with Crippen LogP contribution in [0.15, 0.2) is 66.0 Å². The number of hydrogen-bond donors (Lipinski definition) is 7. The summed E-state index contributed by atoms with van der Waals surface area (Å²) in [5, 5.41) is 71.2. The first-order valence-electron chi connectivity index (χ1n) is 17.6. The summed E-state index contributed by atoms with van der Waals surface area (Å²) in [6.45, 7) is 2.51. The van der Waals surface area contributed by atoms with Gasteiger partial charge in [-0.05, 0) is 49.3 Å². The molecule has 0 aromatic heterocycles. The quantitative estimate of drug-likeness (QED) is 0.0582. The number of hydrogen-bond acceptors (Lipinski definition) is 18. The minimum absolute atomic E-state index is 0.0376. The first-order valence-corrected chi connectivity index (χ1v) is 17.6. The molecule has 1 spiro atoms. The lowest BCUT2D eigenvalue weighted by molar-refractivity contribution is -0.344. The van der Waals surface area contributed by atoms with E-state index in [1.165, 1.54) is 32.3 Å². The minimum Gasteiger partial charge on any atom is -0.471 e. The van der Waals surface area contributed by atoms with Crippen molar-refractivity contribution in [1.29, 1.82) is 0 Å². The van der Waals surface area contributed by atoms with Crippen LogP contribution in [0.4, 0.5) is 0 Å². The van der Waals surface area contributed by atoms with Gasteiger partial charge in [0.15, 0.2) is 11.9 Å². The maximum atomic E-state index is 13.3. The maximum absolute atomic E-state index is 13.3. The number of aliphatic hydroxyl groups is 7. The van der Waals surface area contributed by atoms with Crippen LogP contribution in [0.3, 0.4) is 0 Å². The highest BCUT2D eigenvalue weighted by atomic mass is 16.8. The first-order chi connectivity index (χ1) is 26.2. The lowest BCUT2D eigenvalue weighted by Gasteiger charge is -2.44. The summed E-state index contributed by atoms with van der Waals surface area (Å²) in [6, 6.07) is 6.31. The van der Waals surface area contributed by atoms with Crippen LogP contribution >= 0.6 is 0 Å². The Kier molecular flexibility index (Phi) is 12.1. The topological polar surface area (TPSA) is 267 Å². The molecule has 55 heavy (non-hydrogen) atoms. The highest BCUT2D eigenvalue weighted by Crippen LogP contribution is 2.51. The van der Waals surface area contributed by atoms with Crippen molar-refractivity contribution in [2.45, 2.75) is 99.7 Å². The van der Waals surface area contributed by atoms with Crippen molar-refractivity contribution in [3.05, 3.63) is 71.5 Å². The molecule has 300 valence electrons. The van der Waals surface area contributed by atoms with E-state index in [4.69, 9.17) is 37.9 Å². The summed E-state index contributed by atoms with van der Waals surface area (Å²) in [6.07, 6.45) is -8.18. The SMILES string of the molecule is CC[C@H]1O[C@H](Oc2ccc(C=CC(=O)O[C@@H](C)C3=C[C@@]4(C=C[C@@H]5C(C(=O)OC)=CO[C@H](O[C@H]6O[C@H](CO)[C@@H](O)[C@H](O)[C@H]6O)[C@@H]54)OC3=O)cc2)[C@H](O)[C@@H](O)[C@@H]1O. The molecule has 2 fully saturated rings. The predicted octanol–water partition coefficient (Wildman–Crippen LogP) is -1.52. The van der Waals surface area contributed by atoms with E-state index in [0.717, 1.165) is 12.3 Å². The van der Waals surface area contributed by atoms with Gasteiger partial charge in [-0.3, -0.25) is 0 Å². The molecule has 15 atom stereocenters. The van der Waals surface area contributed by atoms with Crippen LogP contribution in [0.5, 0.6) is 5.75 Å². The molecule has 0 amide bonds. The van der Waals surface area contributed by atoms with Gasteiger partial charge in [0.2, 0.25) is 12.6 Å². The second-order valence-corrected chi connectivity index (χ2v) is 13.7. The zero-order valence-electron chi connectivity index (χ0n) is 29.9. The molecule has 7 N–H and O–H groups in total. The fraction of sp³-hybridized carbons (Fsp3) is 0.541. The van der Waals surface area contributed by atoms with E-state index in [9.17, 15) is 50.1 Å². The van der Waals surface area contributed by atoms with Crippen molar-refractivity contribution < 1.29 is 88.0 Å². The van der Waals surface area contributed by atoms with E-state index < -0.39 is 116 Å². The summed E-state index contributed by atoms with van der Waals surface area (Å²) >= 11 is 0. The fourth-order valence-electron chi connectivity index (χ4n) is 7.14. The van der Waals surface area contributed by atoms with E-state index in [1.54, 1.807) is 37.3 Å². The molecule has 0 radical (unpaired) electrons. The Hall–Kier alpha value is -4.21. The average molecular weight is 777 g/mol. The van der Waals surface area contributed by atoms with Crippen molar-refractivity contribution in [2.75, 3.05) is 13.7 Å². The van der Waals surface area contributed by atoms with Crippen LogP contribution in [0.25, 0.3) is 6.08 Å². The molecule has 0 bridgehead atoms. The second kappa shape index (κ2) is 16.5. The molecule has 0 unspecified atom stereocenters. The van der Waals surface area contributed by atoms with E-state index in [1.807, 2.05) is 0 Å². The normalized spacial score (nSPS) is 38.8. The second-order valence-electron chi connectivity index (χ2n) is 13.7. The van der Waals surface area contributed by atoms with Gasteiger partial charge in [0.25, 0.3) is 0 Å². The van der Waals surface area contributed by atoms with Crippen molar-refractivity contribution >= 4 is 24.0 Å². The number of rotatable bonds is 11. The Morgan fingerprint density at radius 1 is 0.909 bits per heavy atom. The number of methoxy groups -OCH3 is 1. The number of aliphatic hydroxyl groups excluding tert-OH is 7. The number of benzene rings is 1. The molecular weight excluding hydrogens is 732 g/mol. The molecule has 5 aliphatic rings. The molecule has 2 saturated heterocycles. The zero-order chi connectivity index (χ0) is 39.8. The van der Waals surface area contributed by atoms with Gasteiger partial charge in [-0.1, -0.05) is 25.1 Å². The molecule has 6 rings (SSSR count). The van der Waals surface area contributed by atoms with Crippen molar-refractivity contribution in [3.63, 3.8) is 0 Å². The van der Waals surface area contributed by atoms with Gasteiger partial charge < -0.3 is 73.6 Å². The lowest BCUT2D eigenvalue weighted by atomic mass is 9.78. The number of carbonyl (C=O) groups is 3. The van der Waals surface area contributed by atoms with Crippen LogP contribution in [0.2, 0.25) is 0 Å². The van der Waals surface area contributed by atoms with Crippen LogP contribution in [-0.2, 0) is 47.5 Å². The highest BCUT2D eigenvalue weighted by Gasteiger charge is 2.60. The largest absolute Gasteiger partial charge is 0.471 e. The molecule has 18 nitrogen and oxygen atoms in total. The summed E-state index contributed by atoms with van der Waals surface area (Å²) in [5.74, 6) is -3.95. The Morgan fingerprint density at radius 2 is 1.56 bits per heavy atom. The van der Waals surface area contributed by atoms with E-state index in [0.29, 0.717) is 12.0 Å². The smallest absolute Gasteiger partial charge is 0.338 e. The van der Waals surface area contributed by atoms with Crippen molar-refractivity contribution in [2.24, 2.45) is 11.8 Å². The lowest BCUT2D eigenvalue weighted by Crippen LogP contribution is -2.60. The molecule has 1 aliphatic carbocycles. The molecule has 4 aliphatic heterocycles.